The second-order valence-corrected chi connectivity index (χ2v) is 5.33. The molecule has 0 saturated heterocycles. The van der Waals surface area contributed by atoms with Crippen LogP contribution in [0.25, 0.3) is 5.82 Å². The SMILES string of the molecule is CCc1nn(-c2ncc(Br)cc2C)c(CC)c1[N+](=O)[O-]. The molecule has 2 aromatic rings. The Hall–Kier alpha value is -1.76. The molecule has 0 bridgehead atoms. The minimum Gasteiger partial charge on any atom is -0.258 e. The number of hydrogen-bond acceptors (Lipinski definition) is 4. The second kappa shape index (κ2) is 5.70. The minimum atomic E-state index is -0.352. The van der Waals surface area contributed by atoms with Crippen molar-refractivity contribution in [3.63, 3.8) is 0 Å². The average Bonchev–Trinajstić information content (AvgIpc) is 2.77. The summed E-state index contributed by atoms with van der Waals surface area (Å²) in [5.41, 5.74) is 2.11. The first kappa shape index (κ1) is 14.6. The third-order valence-electron chi connectivity index (χ3n) is 3.09. The zero-order chi connectivity index (χ0) is 14.9. The van der Waals surface area contributed by atoms with Crippen LogP contribution in [-0.4, -0.2) is 19.7 Å². The van der Waals surface area contributed by atoms with E-state index in [0.29, 0.717) is 30.0 Å². The summed E-state index contributed by atoms with van der Waals surface area (Å²) in [6.07, 6.45) is 2.72. The van der Waals surface area contributed by atoms with E-state index in [4.69, 9.17) is 0 Å². The van der Waals surface area contributed by atoms with Crippen LogP contribution >= 0.6 is 15.9 Å². The van der Waals surface area contributed by atoms with E-state index in [1.807, 2.05) is 26.8 Å². The van der Waals surface area contributed by atoms with Crippen LogP contribution in [0, 0.1) is 17.0 Å². The van der Waals surface area contributed by atoms with Gasteiger partial charge in [-0.1, -0.05) is 13.8 Å². The van der Waals surface area contributed by atoms with E-state index >= 15 is 0 Å². The van der Waals surface area contributed by atoms with E-state index in [9.17, 15) is 10.1 Å². The Morgan fingerprint density at radius 2 is 2.10 bits per heavy atom. The molecule has 0 radical (unpaired) electrons. The molecule has 20 heavy (non-hydrogen) atoms. The van der Waals surface area contributed by atoms with Gasteiger partial charge in [0.25, 0.3) is 0 Å². The smallest absolute Gasteiger partial charge is 0.258 e. The van der Waals surface area contributed by atoms with Crippen molar-refractivity contribution < 1.29 is 4.92 Å². The Labute approximate surface area is 125 Å². The first-order valence-corrected chi connectivity index (χ1v) is 7.16. The predicted molar refractivity (Wildman–Crippen MR) is 79.2 cm³/mol. The van der Waals surface area contributed by atoms with Crippen molar-refractivity contribution in [2.24, 2.45) is 0 Å². The van der Waals surface area contributed by atoms with Crippen LogP contribution in [0.15, 0.2) is 16.7 Å². The number of nitro groups is 1. The molecule has 0 aromatic carbocycles. The standard InChI is InChI=1S/C13H15BrN4O2/c1-4-10-12(18(19)20)11(5-2)17(16-10)13-8(3)6-9(14)7-15-13/h6-7H,4-5H2,1-3H3. The summed E-state index contributed by atoms with van der Waals surface area (Å²) in [7, 11) is 0. The number of nitrogens with zero attached hydrogens (tertiary/aromatic N) is 4. The lowest BCUT2D eigenvalue weighted by Gasteiger charge is -2.07. The van der Waals surface area contributed by atoms with Gasteiger partial charge in [-0.15, -0.1) is 0 Å². The summed E-state index contributed by atoms with van der Waals surface area (Å²) in [4.78, 5) is 15.3. The summed E-state index contributed by atoms with van der Waals surface area (Å²) >= 11 is 3.36. The lowest BCUT2D eigenvalue weighted by Crippen LogP contribution is -2.06. The van der Waals surface area contributed by atoms with Gasteiger partial charge in [0, 0.05) is 10.7 Å². The van der Waals surface area contributed by atoms with Gasteiger partial charge in [-0.3, -0.25) is 10.1 Å². The Morgan fingerprint density at radius 1 is 1.40 bits per heavy atom. The molecule has 0 N–H and O–H groups in total. The monoisotopic (exact) mass is 338 g/mol. The normalized spacial score (nSPS) is 10.8. The average molecular weight is 339 g/mol. The van der Waals surface area contributed by atoms with Crippen LogP contribution in [0.4, 0.5) is 5.69 Å². The van der Waals surface area contributed by atoms with Gasteiger partial charge in [0.2, 0.25) is 0 Å². The Morgan fingerprint density at radius 3 is 2.60 bits per heavy atom. The fourth-order valence-corrected chi connectivity index (χ4v) is 2.64. The van der Waals surface area contributed by atoms with Crippen molar-refractivity contribution in [3.05, 3.63) is 43.8 Å². The van der Waals surface area contributed by atoms with Crippen LogP contribution < -0.4 is 0 Å². The molecule has 6 nitrogen and oxygen atoms in total. The maximum Gasteiger partial charge on any atom is 0.313 e. The van der Waals surface area contributed by atoms with Crippen molar-refractivity contribution in [1.29, 1.82) is 0 Å². The summed E-state index contributed by atoms with van der Waals surface area (Å²) < 4.78 is 2.47. The van der Waals surface area contributed by atoms with Gasteiger partial charge in [-0.25, -0.2) is 9.67 Å². The molecule has 0 atom stereocenters. The number of halogens is 1. The first-order chi connectivity index (χ1) is 9.49. The highest BCUT2D eigenvalue weighted by Gasteiger charge is 2.27. The topological polar surface area (TPSA) is 73.8 Å². The molecule has 0 aliphatic heterocycles. The summed E-state index contributed by atoms with van der Waals surface area (Å²) in [6, 6.07) is 1.92. The third kappa shape index (κ3) is 2.45. The van der Waals surface area contributed by atoms with Crippen molar-refractivity contribution in [2.45, 2.75) is 33.6 Å². The van der Waals surface area contributed by atoms with E-state index in [0.717, 1.165) is 10.0 Å². The second-order valence-electron chi connectivity index (χ2n) is 4.41. The van der Waals surface area contributed by atoms with Crippen LogP contribution in [0.1, 0.15) is 30.8 Å². The number of aryl methyl sites for hydroxylation is 2. The van der Waals surface area contributed by atoms with Crippen LogP contribution in [0.5, 0.6) is 0 Å². The zero-order valence-electron chi connectivity index (χ0n) is 11.6. The molecule has 0 amide bonds. The minimum absolute atomic E-state index is 0.110. The van der Waals surface area contributed by atoms with Crippen molar-refractivity contribution in [3.8, 4) is 5.82 Å². The van der Waals surface area contributed by atoms with Gasteiger partial charge >= 0.3 is 5.69 Å². The number of hydrogen-bond donors (Lipinski definition) is 0. The lowest BCUT2D eigenvalue weighted by molar-refractivity contribution is -0.386. The fraction of sp³-hybridized carbons (Fsp3) is 0.385. The zero-order valence-corrected chi connectivity index (χ0v) is 13.1. The van der Waals surface area contributed by atoms with Crippen molar-refractivity contribution in [1.82, 2.24) is 14.8 Å². The van der Waals surface area contributed by atoms with Gasteiger partial charge in [0.1, 0.15) is 11.4 Å². The number of rotatable bonds is 4. The molecule has 2 rings (SSSR count). The van der Waals surface area contributed by atoms with Crippen LogP contribution in [0.2, 0.25) is 0 Å². The van der Waals surface area contributed by atoms with Gasteiger partial charge in [0.05, 0.1) is 4.92 Å². The fourth-order valence-electron chi connectivity index (χ4n) is 2.19. The molecule has 2 heterocycles. The molecule has 106 valence electrons. The van der Waals surface area contributed by atoms with E-state index in [1.165, 1.54) is 0 Å². The van der Waals surface area contributed by atoms with Gasteiger partial charge in [0.15, 0.2) is 5.82 Å². The molecule has 7 heteroatoms. The lowest BCUT2D eigenvalue weighted by atomic mass is 10.2. The van der Waals surface area contributed by atoms with Gasteiger partial charge in [-0.05, 0) is 47.3 Å². The third-order valence-corrected chi connectivity index (χ3v) is 3.53. The van der Waals surface area contributed by atoms with E-state index in [1.54, 1.807) is 10.9 Å². The van der Waals surface area contributed by atoms with E-state index in [-0.39, 0.29) is 10.6 Å². The molecular weight excluding hydrogens is 324 g/mol. The van der Waals surface area contributed by atoms with Crippen LogP contribution in [-0.2, 0) is 12.8 Å². The first-order valence-electron chi connectivity index (χ1n) is 6.37. The summed E-state index contributed by atoms with van der Waals surface area (Å²) in [5.74, 6) is 0.632. The quantitative estimate of drug-likeness (QED) is 0.632. The van der Waals surface area contributed by atoms with Crippen molar-refractivity contribution >= 4 is 21.6 Å². The number of pyridine rings is 1. The maximum absolute atomic E-state index is 11.3. The molecule has 0 fully saturated rings. The van der Waals surface area contributed by atoms with E-state index < -0.39 is 0 Å². The van der Waals surface area contributed by atoms with Crippen LogP contribution in [0.3, 0.4) is 0 Å². The Kier molecular flexibility index (Phi) is 4.17. The summed E-state index contributed by atoms with van der Waals surface area (Å²) in [5, 5.41) is 15.6. The number of aromatic nitrogens is 3. The molecule has 0 aliphatic rings. The molecule has 0 unspecified atom stereocenters. The molecule has 0 aliphatic carbocycles. The summed E-state index contributed by atoms with van der Waals surface area (Å²) in [6.45, 7) is 5.65. The molecule has 2 aromatic heterocycles. The molecular formula is C13H15BrN4O2. The molecule has 0 spiro atoms. The van der Waals surface area contributed by atoms with Gasteiger partial charge in [-0.2, -0.15) is 5.10 Å². The maximum atomic E-state index is 11.3. The highest BCUT2D eigenvalue weighted by molar-refractivity contribution is 9.10. The Balaban J connectivity index is 2.71. The highest BCUT2D eigenvalue weighted by atomic mass is 79.9. The van der Waals surface area contributed by atoms with E-state index in [2.05, 4.69) is 26.0 Å². The van der Waals surface area contributed by atoms with Crippen molar-refractivity contribution in [2.75, 3.05) is 0 Å². The predicted octanol–water partition coefficient (Wildman–Crippen LogP) is 3.37. The highest BCUT2D eigenvalue weighted by Crippen LogP contribution is 2.28. The molecule has 0 saturated carbocycles. The Bertz CT molecular complexity index is 667. The largest absolute Gasteiger partial charge is 0.313 e. The van der Waals surface area contributed by atoms with Gasteiger partial charge < -0.3 is 0 Å².